The Bertz CT molecular complexity index is 160. The third-order valence-corrected chi connectivity index (χ3v) is 2.98. The molecule has 0 spiro atoms. The molecular formula is C13H30N2O. The summed E-state index contributed by atoms with van der Waals surface area (Å²) in [7, 11) is 4.25. The van der Waals surface area contributed by atoms with Crippen LogP contribution in [0.5, 0.6) is 0 Å². The van der Waals surface area contributed by atoms with Crippen LogP contribution in [-0.2, 0) is 0 Å². The maximum Gasteiger partial charge on any atom is 0.0512 e. The highest BCUT2D eigenvalue weighted by Crippen LogP contribution is 2.06. The van der Waals surface area contributed by atoms with E-state index in [-0.39, 0.29) is 6.10 Å². The molecule has 16 heavy (non-hydrogen) atoms. The first-order chi connectivity index (χ1) is 7.47. The summed E-state index contributed by atoms with van der Waals surface area (Å²) in [5.41, 5.74) is 0. The van der Waals surface area contributed by atoms with Gasteiger partial charge >= 0.3 is 0 Å². The van der Waals surface area contributed by atoms with Gasteiger partial charge in [0.2, 0.25) is 0 Å². The molecule has 2 unspecified atom stereocenters. The second-order valence-corrected chi connectivity index (χ2v) is 5.08. The summed E-state index contributed by atoms with van der Waals surface area (Å²) in [6.45, 7) is 9.76. The van der Waals surface area contributed by atoms with Gasteiger partial charge in [-0.3, -0.25) is 4.90 Å². The third kappa shape index (κ3) is 8.08. The summed E-state index contributed by atoms with van der Waals surface area (Å²) < 4.78 is 0. The van der Waals surface area contributed by atoms with Gasteiger partial charge < -0.3 is 10.0 Å². The van der Waals surface area contributed by atoms with E-state index in [1.807, 2.05) is 6.92 Å². The molecule has 0 amide bonds. The molecule has 0 saturated heterocycles. The maximum absolute atomic E-state index is 9.18. The minimum Gasteiger partial charge on any atom is -0.393 e. The molecule has 0 fully saturated rings. The fraction of sp³-hybridized carbons (Fsp3) is 1.00. The van der Waals surface area contributed by atoms with Crippen LogP contribution in [0.15, 0.2) is 0 Å². The quantitative estimate of drug-likeness (QED) is 0.612. The SMILES string of the molecule is CCN(CCCCC(C)O)C(C)CN(C)C. The maximum atomic E-state index is 9.18. The molecule has 0 aliphatic rings. The highest BCUT2D eigenvalue weighted by atomic mass is 16.3. The summed E-state index contributed by atoms with van der Waals surface area (Å²) >= 11 is 0. The zero-order valence-corrected chi connectivity index (χ0v) is 11.7. The summed E-state index contributed by atoms with van der Waals surface area (Å²) in [6.07, 6.45) is 3.10. The van der Waals surface area contributed by atoms with Gasteiger partial charge in [-0.15, -0.1) is 0 Å². The van der Waals surface area contributed by atoms with E-state index >= 15 is 0 Å². The van der Waals surface area contributed by atoms with Gasteiger partial charge in [0, 0.05) is 12.6 Å². The van der Waals surface area contributed by atoms with Gasteiger partial charge in [-0.05, 0) is 60.3 Å². The van der Waals surface area contributed by atoms with Gasteiger partial charge in [-0.2, -0.15) is 0 Å². The van der Waals surface area contributed by atoms with E-state index < -0.39 is 0 Å². The molecule has 0 bridgehead atoms. The minimum atomic E-state index is -0.144. The number of unbranched alkanes of at least 4 members (excludes halogenated alkanes) is 1. The molecule has 98 valence electrons. The Morgan fingerprint density at radius 3 is 2.19 bits per heavy atom. The molecule has 0 aromatic carbocycles. The van der Waals surface area contributed by atoms with Crippen LogP contribution in [0, 0.1) is 0 Å². The lowest BCUT2D eigenvalue weighted by Gasteiger charge is -2.30. The van der Waals surface area contributed by atoms with E-state index in [2.05, 4.69) is 37.7 Å². The van der Waals surface area contributed by atoms with Crippen molar-refractivity contribution in [2.24, 2.45) is 0 Å². The number of nitrogens with zero attached hydrogens (tertiary/aromatic N) is 2. The van der Waals surface area contributed by atoms with E-state index in [0.717, 1.165) is 32.5 Å². The zero-order chi connectivity index (χ0) is 12.6. The van der Waals surface area contributed by atoms with Gasteiger partial charge in [0.25, 0.3) is 0 Å². The average molecular weight is 230 g/mol. The average Bonchev–Trinajstić information content (AvgIpc) is 2.16. The number of likely N-dealkylation sites (N-methyl/N-ethyl adjacent to an activating group) is 2. The van der Waals surface area contributed by atoms with Crippen molar-refractivity contribution in [1.29, 1.82) is 0 Å². The Morgan fingerprint density at radius 2 is 1.75 bits per heavy atom. The van der Waals surface area contributed by atoms with Crippen LogP contribution in [0.1, 0.15) is 40.0 Å². The van der Waals surface area contributed by atoms with E-state index in [4.69, 9.17) is 0 Å². The lowest BCUT2D eigenvalue weighted by atomic mass is 10.1. The monoisotopic (exact) mass is 230 g/mol. The summed E-state index contributed by atoms with van der Waals surface area (Å²) in [5.74, 6) is 0. The van der Waals surface area contributed by atoms with Crippen molar-refractivity contribution in [2.45, 2.75) is 52.2 Å². The van der Waals surface area contributed by atoms with Crippen LogP contribution in [0.4, 0.5) is 0 Å². The summed E-state index contributed by atoms with van der Waals surface area (Å²) in [4.78, 5) is 4.76. The van der Waals surface area contributed by atoms with Crippen LogP contribution < -0.4 is 0 Å². The normalized spacial score (nSPS) is 15.8. The predicted octanol–water partition coefficient (Wildman–Crippen LogP) is 1.81. The Morgan fingerprint density at radius 1 is 1.12 bits per heavy atom. The highest BCUT2D eigenvalue weighted by molar-refractivity contribution is 4.68. The van der Waals surface area contributed by atoms with Crippen molar-refractivity contribution >= 4 is 0 Å². The second-order valence-electron chi connectivity index (χ2n) is 5.08. The largest absolute Gasteiger partial charge is 0.393 e. The molecule has 0 heterocycles. The first-order valence-corrected chi connectivity index (χ1v) is 6.54. The van der Waals surface area contributed by atoms with E-state index in [0.29, 0.717) is 6.04 Å². The van der Waals surface area contributed by atoms with Gasteiger partial charge in [0.05, 0.1) is 6.10 Å². The fourth-order valence-electron chi connectivity index (χ4n) is 2.09. The van der Waals surface area contributed by atoms with Crippen LogP contribution >= 0.6 is 0 Å². The minimum absolute atomic E-state index is 0.144. The van der Waals surface area contributed by atoms with Gasteiger partial charge in [0.1, 0.15) is 0 Å². The number of hydrogen-bond donors (Lipinski definition) is 1. The van der Waals surface area contributed by atoms with Crippen LogP contribution in [0.25, 0.3) is 0 Å². The Balaban J connectivity index is 3.73. The Labute approximate surface area is 101 Å². The topological polar surface area (TPSA) is 26.7 Å². The van der Waals surface area contributed by atoms with Crippen molar-refractivity contribution in [1.82, 2.24) is 9.80 Å². The molecule has 0 aliphatic heterocycles. The molecular weight excluding hydrogens is 200 g/mol. The van der Waals surface area contributed by atoms with Crippen LogP contribution in [-0.4, -0.2) is 60.8 Å². The highest BCUT2D eigenvalue weighted by Gasteiger charge is 2.12. The van der Waals surface area contributed by atoms with E-state index in [1.165, 1.54) is 6.42 Å². The third-order valence-electron chi connectivity index (χ3n) is 2.98. The molecule has 1 N–H and O–H groups in total. The van der Waals surface area contributed by atoms with Crippen LogP contribution in [0.2, 0.25) is 0 Å². The molecule has 0 aromatic rings. The van der Waals surface area contributed by atoms with Crippen LogP contribution in [0.3, 0.4) is 0 Å². The Kier molecular flexibility index (Phi) is 8.90. The van der Waals surface area contributed by atoms with E-state index in [1.54, 1.807) is 0 Å². The lowest BCUT2D eigenvalue weighted by molar-refractivity contribution is 0.162. The van der Waals surface area contributed by atoms with Crippen molar-refractivity contribution in [3.05, 3.63) is 0 Å². The van der Waals surface area contributed by atoms with Gasteiger partial charge in [-0.1, -0.05) is 6.92 Å². The first kappa shape index (κ1) is 15.9. The fourth-order valence-corrected chi connectivity index (χ4v) is 2.09. The lowest BCUT2D eigenvalue weighted by Crippen LogP contribution is -2.40. The van der Waals surface area contributed by atoms with Gasteiger partial charge in [0.15, 0.2) is 0 Å². The molecule has 0 aliphatic carbocycles. The molecule has 3 heteroatoms. The second kappa shape index (κ2) is 8.97. The predicted molar refractivity (Wildman–Crippen MR) is 70.8 cm³/mol. The number of aliphatic hydroxyl groups is 1. The Hall–Kier alpha value is -0.120. The summed E-state index contributed by atoms with van der Waals surface area (Å²) in [6, 6.07) is 0.617. The molecule has 0 radical (unpaired) electrons. The molecule has 0 aromatic heterocycles. The molecule has 3 nitrogen and oxygen atoms in total. The molecule has 0 rings (SSSR count). The van der Waals surface area contributed by atoms with Crippen molar-refractivity contribution in [2.75, 3.05) is 33.7 Å². The first-order valence-electron chi connectivity index (χ1n) is 6.54. The smallest absolute Gasteiger partial charge is 0.0512 e. The van der Waals surface area contributed by atoms with Gasteiger partial charge in [-0.25, -0.2) is 0 Å². The van der Waals surface area contributed by atoms with Crippen molar-refractivity contribution in [3.63, 3.8) is 0 Å². The molecule has 0 saturated carbocycles. The van der Waals surface area contributed by atoms with Crippen molar-refractivity contribution in [3.8, 4) is 0 Å². The number of hydrogen-bond acceptors (Lipinski definition) is 3. The number of aliphatic hydroxyl groups excluding tert-OH is 1. The molecule has 2 atom stereocenters. The number of rotatable bonds is 9. The zero-order valence-electron chi connectivity index (χ0n) is 11.7. The van der Waals surface area contributed by atoms with Crippen molar-refractivity contribution < 1.29 is 5.11 Å². The van der Waals surface area contributed by atoms with E-state index in [9.17, 15) is 5.11 Å². The summed E-state index contributed by atoms with van der Waals surface area (Å²) in [5, 5.41) is 9.18. The standard InChI is InChI=1S/C13H30N2O/c1-6-15(12(2)11-14(4)5)10-8-7-9-13(3)16/h12-13,16H,6-11H2,1-5H3.